The molecule has 0 bridgehead atoms. The molecule has 9 nitrogen and oxygen atoms in total. The van der Waals surface area contributed by atoms with E-state index >= 15 is 0 Å². The van der Waals surface area contributed by atoms with Crippen molar-refractivity contribution in [1.29, 1.82) is 0 Å². The Morgan fingerprint density at radius 1 is 1.31 bits per heavy atom. The predicted molar refractivity (Wildman–Crippen MR) is 110 cm³/mol. The molecule has 0 radical (unpaired) electrons. The number of ether oxygens (including phenoxy) is 1. The molecule has 9 heteroatoms. The molecule has 1 saturated heterocycles. The number of anilines is 1. The molecule has 1 atom stereocenters. The van der Waals surface area contributed by atoms with Crippen LogP contribution in [0.2, 0.25) is 0 Å². The molecule has 1 fully saturated rings. The van der Waals surface area contributed by atoms with Crippen LogP contribution in [-0.2, 0) is 4.74 Å². The third-order valence-corrected chi connectivity index (χ3v) is 4.67. The van der Waals surface area contributed by atoms with Crippen molar-refractivity contribution < 1.29 is 9.53 Å². The van der Waals surface area contributed by atoms with E-state index in [1.165, 1.54) is 0 Å². The molecule has 1 amide bonds. The molecule has 3 aromatic rings. The van der Waals surface area contributed by atoms with Gasteiger partial charge in [0.15, 0.2) is 5.82 Å². The Hall–Kier alpha value is -3.36. The molecule has 1 unspecified atom stereocenters. The average molecular weight is 396 g/mol. The number of alkyl carbamates (subject to hydrolysis) is 1. The van der Waals surface area contributed by atoms with E-state index in [-0.39, 0.29) is 11.7 Å². The van der Waals surface area contributed by atoms with Gasteiger partial charge in [0.05, 0.1) is 6.04 Å². The molecule has 0 aliphatic carbocycles. The molecule has 1 aliphatic rings. The third kappa shape index (κ3) is 4.23. The fourth-order valence-electron chi connectivity index (χ4n) is 3.48. The zero-order chi connectivity index (χ0) is 20.6. The Balaban J connectivity index is 1.60. The summed E-state index contributed by atoms with van der Waals surface area (Å²) in [6.45, 7) is 6.90. The summed E-state index contributed by atoms with van der Waals surface area (Å²) in [6, 6.07) is 9.82. The van der Waals surface area contributed by atoms with Crippen molar-refractivity contribution in [3.63, 3.8) is 0 Å². The lowest BCUT2D eigenvalue weighted by molar-refractivity contribution is 0.0509. The van der Waals surface area contributed by atoms with Crippen LogP contribution in [-0.4, -0.2) is 51.0 Å². The molecular weight excluding hydrogens is 372 g/mol. The van der Waals surface area contributed by atoms with Gasteiger partial charge in [-0.15, -0.1) is 0 Å². The number of carbonyl (C=O) groups is 1. The summed E-state index contributed by atoms with van der Waals surface area (Å²) in [4.78, 5) is 33.1. The van der Waals surface area contributed by atoms with Crippen molar-refractivity contribution in [3.8, 4) is 11.5 Å². The van der Waals surface area contributed by atoms with E-state index in [1.807, 2.05) is 51.1 Å². The standard InChI is InChI=1S/C20H24N6O3/c1-20(2,3)29-19(28)21-13-8-9-26(11-13)17-14-7-5-4-6-12(14)10-15(22-17)16-23-18(27)25-24-16/h4-7,10,13H,8-9,11H2,1-3H3,(H,21,28)(H2,23,24,25,27). The highest BCUT2D eigenvalue weighted by Gasteiger charge is 2.28. The zero-order valence-electron chi connectivity index (χ0n) is 16.7. The molecule has 0 spiro atoms. The van der Waals surface area contributed by atoms with Crippen LogP contribution in [0, 0.1) is 0 Å². The molecule has 29 heavy (non-hydrogen) atoms. The highest BCUT2D eigenvalue weighted by Crippen LogP contribution is 2.30. The number of aromatic amines is 2. The quantitative estimate of drug-likeness (QED) is 0.626. The minimum atomic E-state index is -0.533. The Morgan fingerprint density at radius 2 is 2.10 bits per heavy atom. The maximum atomic E-state index is 12.1. The van der Waals surface area contributed by atoms with Crippen molar-refractivity contribution >= 4 is 22.7 Å². The Bertz CT molecular complexity index is 1100. The lowest BCUT2D eigenvalue weighted by Crippen LogP contribution is -2.40. The zero-order valence-corrected chi connectivity index (χ0v) is 16.7. The number of carbonyl (C=O) groups excluding carboxylic acids is 1. The number of benzene rings is 1. The topological polar surface area (TPSA) is 116 Å². The summed E-state index contributed by atoms with van der Waals surface area (Å²) in [5, 5.41) is 11.3. The van der Waals surface area contributed by atoms with E-state index in [2.05, 4.69) is 25.4 Å². The van der Waals surface area contributed by atoms with Crippen molar-refractivity contribution in [2.45, 2.75) is 38.8 Å². The Labute approximate surface area is 167 Å². The Kier molecular flexibility index (Phi) is 4.73. The maximum Gasteiger partial charge on any atom is 0.407 e. The van der Waals surface area contributed by atoms with E-state index in [0.29, 0.717) is 18.1 Å². The van der Waals surface area contributed by atoms with Crippen LogP contribution in [0.5, 0.6) is 0 Å². The number of fused-ring (bicyclic) bond motifs is 1. The van der Waals surface area contributed by atoms with E-state index in [0.717, 1.165) is 29.6 Å². The number of hydrogen-bond donors (Lipinski definition) is 3. The average Bonchev–Trinajstić information content (AvgIpc) is 3.28. The summed E-state index contributed by atoms with van der Waals surface area (Å²) >= 11 is 0. The van der Waals surface area contributed by atoms with Gasteiger partial charge in [-0.2, -0.15) is 5.10 Å². The van der Waals surface area contributed by atoms with Crippen LogP contribution in [0.25, 0.3) is 22.3 Å². The van der Waals surface area contributed by atoms with Gasteiger partial charge in [-0.05, 0) is 38.6 Å². The summed E-state index contributed by atoms with van der Waals surface area (Å²) in [5.41, 5.74) is -0.325. The van der Waals surface area contributed by atoms with Gasteiger partial charge in [0.25, 0.3) is 0 Å². The first-order valence-corrected chi connectivity index (χ1v) is 9.58. The lowest BCUT2D eigenvalue weighted by atomic mass is 10.1. The second-order valence-electron chi connectivity index (χ2n) is 8.16. The molecule has 1 aromatic carbocycles. The van der Waals surface area contributed by atoms with E-state index in [1.54, 1.807) is 0 Å². The SMILES string of the molecule is CC(C)(C)OC(=O)NC1CCN(c2nc(-c3n[nH]c(=O)[nH]3)cc3ccccc23)C1. The summed E-state index contributed by atoms with van der Waals surface area (Å²) in [6.07, 6.45) is 0.378. The number of nitrogens with zero attached hydrogens (tertiary/aromatic N) is 3. The second-order valence-corrected chi connectivity index (χ2v) is 8.16. The van der Waals surface area contributed by atoms with Crippen molar-refractivity contribution in [2.75, 3.05) is 18.0 Å². The largest absolute Gasteiger partial charge is 0.444 e. The van der Waals surface area contributed by atoms with Gasteiger partial charge >= 0.3 is 11.8 Å². The maximum absolute atomic E-state index is 12.1. The first-order chi connectivity index (χ1) is 13.8. The number of amides is 1. The normalized spacial score (nSPS) is 16.9. The molecule has 1 aliphatic heterocycles. The Morgan fingerprint density at radius 3 is 2.83 bits per heavy atom. The van der Waals surface area contributed by atoms with Crippen LogP contribution in [0.4, 0.5) is 10.6 Å². The fourth-order valence-corrected chi connectivity index (χ4v) is 3.48. The number of hydrogen-bond acceptors (Lipinski definition) is 6. The molecular formula is C20H24N6O3. The van der Waals surface area contributed by atoms with Crippen LogP contribution < -0.4 is 15.9 Å². The van der Waals surface area contributed by atoms with Gasteiger partial charge in [-0.3, -0.25) is 4.98 Å². The molecule has 3 heterocycles. The summed E-state index contributed by atoms with van der Waals surface area (Å²) in [7, 11) is 0. The predicted octanol–water partition coefficient (Wildman–Crippen LogP) is 2.42. The summed E-state index contributed by atoms with van der Waals surface area (Å²) in [5.74, 6) is 1.19. The number of pyridine rings is 1. The highest BCUT2D eigenvalue weighted by molar-refractivity contribution is 5.94. The molecule has 2 aromatic heterocycles. The molecule has 152 valence electrons. The van der Waals surface area contributed by atoms with Gasteiger partial charge < -0.3 is 15.0 Å². The van der Waals surface area contributed by atoms with Gasteiger partial charge in [-0.1, -0.05) is 24.3 Å². The number of rotatable bonds is 3. The van der Waals surface area contributed by atoms with Gasteiger partial charge in [0, 0.05) is 18.5 Å². The highest BCUT2D eigenvalue weighted by atomic mass is 16.6. The monoisotopic (exact) mass is 396 g/mol. The number of H-pyrrole nitrogens is 2. The van der Waals surface area contributed by atoms with Crippen LogP contribution in [0.15, 0.2) is 35.1 Å². The fraction of sp³-hybridized carbons (Fsp3) is 0.400. The third-order valence-electron chi connectivity index (χ3n) is 4.67. The smallest absolute Gasteiger partial charge is 0.407 e. The van der Waals surface area contributed by atoms with Gasteiger partial charge in [0.2, 0.25) is 0 Å². The number of nitrogens with one attached hydrogen (secondary N) is 3. The second kappa shape index (κ2) is 7.23. The summed E-state index contributed by atoms with van der Waals surface area (Å²) < 4.78 is 5.36. The van der Waals surface area contributed by atoms with Crippen molar-refractivity contribution in [1.82, 2.24) is 25.5 Å². The minimum absolute atomic E-state index is 0.0285. The molecule has 3 N–H and O–H groups in total. The van der Waals surface area contributed by atoms with E-state index in [9.17, 15) is 9.59 Å². The minimum Gasteiger partial charge on any atom is -0.444 e. The lowest BCUT2D eigenvalue weighted by Gasteiger charge is -2.23. The van der Waals surface area contributed by atoms with Crippen molar-refractivity contribution in [2.24, 2.45) is 0 Å². The first kappa shape index (κ1) is 19.0. The van der Waals surface area contributed by atoms with E-state index < -0.39 is 11.7 Å². The molecule has 4 rings (SSSR count). The number of aromatic nitrogens is 4. The molecule has 0 saturated carbocycles. The van der Waals surface area contributed by atoms with Crippen LogP contribution in [0.3, 0.4) is 0 Å². The van der Waals surface area contributed by atoms with E-state index in [4.69, 9.17) is 9.72 Å². The van der Waals surface area contributed by atoms with Crippen LogP contribution >= 0.6 is 0 Å². The van der Waals surface area contributed by atoms with Gasteiger partial charge in [-0.25, -0.2) is 19.7 Å². The van der Waals surface area contributed by atoms with Crippen LogP contribution in [0.1, 0.15) is 27.2 Å². The van der Waals surface area contributed by atoms with Crippen molar-refractivity contribution in [3.05, 3.63) is 40.8 Å². The van der Waals surface area contributed by atoms with Gasteiger partial charge in [0.1, 0.15) is 17.1 Å². The first-order valence-electron chi connectivity index (χ1n) is 9.58.